The van der Waals surface area contributed by atoms with Gasteiger partial charge in [-0.1, -0.05) is 20.8 Å². The molecule has 3 nitrogen and oxygen atoms in total. The standard InChI is InChI=1S/C16H31N3/c1-8-19-11-14(10-18-19)9-16(7,13(2)3)12-17-15(4,5)6/h10-11,13,17H,8-9,12H2,1-7H3. The first-order chi connectivity index (χ1) is 8.66. The summed E-state index contributed by atoms with van der Waals surface area (Å²) in [5, 5.41) is 8.04. The molecule has 19 heavy (non-hydrogen) atoms. The molecule has 1 heterocycles. The SMILES string of the molecule is CCn1cc(CC(C)(CNC(C)(C)C)C(C)C)cn1. The molecule has 0 amide bonds. The van der Waals surface area contributed by atoms with E-state index in [0.29, 0.717) is 5.92 Å². The molecule has 1 unspecified atom stereocenters. The largest absolute Gasteiger partial charge is 0.312 e. The summed E-state index contributed by atoms with van der Waals surface area (Å²) in [6.45, 7) is 17.8. The lowest BCUT2D eigenvalue weighted by atomic mass is 9.74. The lowest BCUT2D eigenvalue weighted by Crippen LogP contribution is -2.45. The second kappa shape index (κ2) is 6.08. The Morgan fingerprint density at radius 3 is 2.32 bits per heavy atom. The molecule has 3 heteroatoms. The van der Waals surface area contributed by atoms with Crippen LogP contribution < -0.4 is 5.32 Å². The fourth-order valence-corrected chi connectivity index (χ4v) is 2.07. The molecule has 0 radical (unpaired) electrons. The average Bonchev–Trinajstić information content (AvgIpc) is 2.73. The molecule has 0 aliphatic heterocycles. The van der Waals surface area contributed by atoms with Crippen LogP contribution in [0, 0.1) is 11.3 Å². The molecule has 1 aromatic heterocycles. The van der Waals surface area contributed by atoms with Crippen molar-refractivity contribution in [2.24, 2.45) is 11.3 Å². The van der Waals surface area contributed by atoms with E-state index >= 15 is 0 Å². The van der Waals surface area contributed by atoms with Gasteiger partial charge in [-0.25, -0.2) is 0 Å². The minimum Gasteiger partial charge on any atom is -0.312 e. The van der Waals surface area contributed by atoms with E-state index in [9.17, 15) is 0 Å². The maximum atomic E-state index is 4.38. The van der Waals surface area contributed by atoms with Crippen LogP contribution in [-0.4, -0.2) is 21.9 Å². The van der Waals surface area contributed by atoms with Gasteiger partial charge in [0.25, 0.3) is 0 Å². The van der Waals surface area contributed by atoms with Gasteiger partial charge < -0.3 is 5.32 Å². The van der Waals surface area contributed by atoms with Gasteiger partial charge >= 0.3 is 0 Å². The van der Waals surface area contributed by atoms with Crippen molar-refractivity contribution >= 4 is 0 Å². The second-order valence-corrected chi connectivity index (χ2v) is 7.29. The molecule has 0 spiro atoms. The van der Waals surface area contributed by atoms with Crippen LogP contribution in [0.4, 0.5) is 0 Å². The maximum Gasteiger partial charge on any atom is 0.0521 e. The highest BCUT2D eigenvalue weighted by molar-refractivity contribution is 5.08. The third-order valence-electron chi connectivity index (χ3n) is 4.04. The van der Waals surface area contributed by atoms with Gasteiger partial charge in [-0.3, -0.25) is 4.68 Å². The molecule has 0 aliphatic carbocycles. The fourth-order valence-electron chi connectivity index (χ4n) is 2.07. The van der Waals surface area contributed by atoms with Crippen molar-refractivity contribution in [1.82, 2.24) is 15.1 Å². The normalized spacial score (nSPS) is 15.8. The number of aromatic nitrogens is 2. The first-order valence-electron chi connectivity index (χ1n) is 7.42. The Balaban J connectivity index is 2.75. The summed E-state index contributed by atoms with van der Waals surface area (Å²) in [5.74, 6) is 0.632. The van der Waals surface area contributed by atoms with E-state index in [0.717, 1.165) is 19.5 Å². The van der Waals surface area contributed by atoms with Gasteiger partial charge in [0.2, 0.25) is 0 Å². The van der Waals surface area contributed by atoms with Gasteiger partial charge in [0, 0.05) is 24.8 Å². The third kappa shape index (κ3) is 4.98. The smallest absolute Gasteiger partial charge is 0.0521 e. The maximum absolute atomic E-state index is 4.38. The Morgan fingerprint density at radius 1 is 1.26 bits per heavy atom. The molecule has 1 rings (SSSR count). The number of hydrogen-bond donors (Lipinski definition) is 1. The molecule has 0 bridgehead atoms. The molecule has 1 N–H and O–H groups in total. The van der Waals surface area contributed by atoms with E-state index < -0.39 is 0 Å². The van der Waals surface area contributed by atoms with Crippen LogP contribution in [0.1, 0.15) is 54.0 Å². The topological polar surface area (TPSA) is 29.9 Å². The molecule has 0 aromatic carbocycles. The van der Waals surface area contributed by atoms with Crippen LogP contribution in [0.2, 0.25) is 0 Å². The molecule has 0 fully saturated rings. The monoisotopic (exact) mass is 265 g/mol. The molecular formula is C16H31N3. The Hall–Kier alpha value is -0.830. The van der Waals surface area contributed by atoms with Crippen LogP contribution >= 0.6 is 0 Å². The number of aryl methyl sites for hydroxylation is 1. The van der Waals surface area contributed by atoms with Gasteiger partial charge in [-0.2, -0.15) is 5.10 Å². The summed E-state index contributed by atoms with van der Waals surface area (Å²) >= 11 is 0. The van der Waals surface area contributed by atoms with Crippen LogP contribution in [-0.2, 0) is 13.0 Å². The van der Waals surface area contributed by atoms with Gasteiger partial charge in [0.15, 0.2) is 0 Å². The molecule has 110 valence electrons. The van der Waals surface area contributed by atoms with Gasteiger partial charge in [-0.05, 0) is 51.0 Å². The van der Waals surface area contributed by atoms with Crippen LogP contribution in [0.5, 0.6) is 0 Å². The molecule has 1 aromatic rings. The summed E-state index contributed by atoms with van der Waals surface area (Å²) in [5.41, 5.74) is 1.77. The van der Waals surface area contributed by atoms with Crippen molar-refractivity contribution in [3.05, 3.63) is 18.0 Å². The summed E-state index contributed by atoms with van der Waals surface area (Å²) in [6.07, 6.45) is 5.27. The highest BCUT2D eigenvalue weighted by Gasteiger charge is 2.30. The first-order valence-corrected chi connectivity index (χ1v) is 7.42. The minimum atomic E-state index is 0.170. The lowest BCUT2D eigenvalue weighted by Gasteiger charge is -2.37. The quantitative estimate of drug-likeness (QED) is 0.853. The number of nitrogens with zero attached hydrogens (tertiary/aromatic N) is 2. The van der Waals surface area contributed by atoms with Crippen molar-refractivity contribution in [3.63, 3.8) is 0 Å². The summed E-state index contributed by atoms with van der Waals surface area (Å²) in [7, 11) is 0. The van der Waals surface area contributed by atoms with E-state index in [1.807, 2.05) is 10.9 Å². The predicted octanol–water partition coefficient (Wildman–Crippen LogP) is 3.50. The number of nitrogens with one attached hydrogen (secondary N) is 1. The van der Waals surface area contributed by atoms with Crippen LogP contribution in [0.15, 0.2) is 12.4 Å². The Labute approximate surface area is 118 Å². The van der Waals surface area contributed by atoms with E-state index in [4.69, 9.17) is 0 Å². The Bertz CT molecular complexity index is 387. The molecule has 0 saturated carbocycles. The summed E-state index contributed by atoms with van der Waals surface area (Å²) in [4.78, 5) is 0. The Morgan fingerprint density at radius 2 is 1.89 bits per heavy atom. The summed E-state index contributed by atoms with van der Waals surface area (Å²) < 4.78 is 2.01. The molecule has 0 saturated heterocycles. The van der Waals surface area contributed by atoms with Gasteiger partial charge in [0.1, 0.15) is 0 Å². The van der Waals surface area contributed by atoms with Crippen molar-refractivity contribution in [2.45, 2.75) is 67.0 Å². The van der Waals surface area contributed by atoms with E-state index in [1.54, 1.807) is 0 Å². The first kappa shape index (κ1) is 16.2. The minimum absolute atomic E-state index is 0.170. The predicted molar refractivity (Wildman–Crippen MR) is 82.3 cm³/mol. The van der Waals surface area contributed by atoms with Crippen molar-refractivity contribution in [2.75, 3.05) is 6.54 Å². The van der Waals surface area contributed by atoms with Crippen molar-refractivity contribution < 1.29 is 0 Å². The Kier molecular flexibility index (Phi) is 5.19. The average molecular weight is 265 g/mol. The van der Waals surface area contributed by atoms with E-state index in [2.05, 4.69) is 65.1 Å². The van der Waals surface area contributed by atoms with Crippen molar-refractivity contribution in [1.29, 1.82) is 0 Å². The zero-order chi connectivity index (χ0) is 14.7. The molecule has 0 aliphatic rings. The highest BCUT2D eigenvalue weighted by Crippen LogP contribution is 2.31. The van der Waals surface area contributed by atoms with E-state index in [1.165, 1.54) is 5.56 Å². The molecular weight excluding hydrogens is 234 g/mol. The fraction of sp³-hybridized carbons (Fsp3) is 0.812. The zero-order valence-corrected chi connectivity index (χ0v) is 13.7. The number of hydrogen-bond acceptors (Lipinski definition) is 2. The van der Waals surface area contributed by atoms with Crippen LogP contribution in [0.25, 0.3) is 0 Å². The second-order valence-electron chi connectivity index (χ2n) is 7.29. The number of rotatable bonds is 6. The van der Waals surface area contributed by atoms with Gasteiger partial charge in [-0.15, -0.1) is 0 Å². The van der Waals surface area contributed by atoms with Gasteiger partial charge in [0.05, 0.1) is 6.20 Å². The zero-order valence-electron chi connectivity index (χ0n) is 13.7. The van der Waals surface area contributed by atoms with Crippen molar-refractivity contribution in [3.8, 4) is 0 Å². The molecule has 1 atom stereocenters. The third-order valence-corrected chi connectivity index (χ3v) is 4.04. The summed E-state index contributed by atoms with van der Waals surface area (Å²) in [6, 6.07) is 0. The lowest BCUT2D eigenvalue weighted by molar-refractivity contribution is 0.188. The highest BCUT2D eigenvalue weighted by atomic mass is 15.3. The van der Waals surface area contributed by atoms with Crippen LogP contribution in [0.3, 0.4) is 0 Å². The van der Waals surface area contributed by atoms with E-state index in [-0.39, 0.29) is 11.0 Å².